The van der Waals surface area contributed by atoms with Crippen LogP contribution in [0.5, 0.6) is 17.2 Å². The van der Waals surface area contributed by atoms with Crippen LogP contribution in [0.25, 0.3) is 0 Å². The quantitative estimate of drug-likeness (QED) is 0.918. The molecule has 1 fully saturated rings. The largest absolute Gasteiger partial charge is 0.493 e. The molecule has 22 heavy (non-hydrogen) atoms. The third kappa shape index (κ3) is 3.16. The first-order chi connectivity index (χ1) is 9.94. The number of methoxy groups -OCH3 is 3. The number of rotatable bonds is 4. The Morgan fingerprint density at radius 1 is 1.14 bits per heavy atom. The van der Waals surface area contributed by atoms with E-state index in [1.807, 2.05) is 19.9 Å². The van der Waals surface area contributed by atoms with Crippen LogP contribution in [0.3, 0.4) is 0 Å². The van der Waals surface area contributed by atoms with E-state index in [1.165, 1.54) is 0 Å². The maximum Gasteiger partial charge on any atom is 0.407 e. The number of alkyl carbamates (subject to hydrolysis) is 1. The minimum Gasteiger partial charge on any atom is -0.493 e. The van der Waals surface area contributed by atoms with Gasteiger partial charge in [0.25, 0.3) is 0 Å². The van der Waals surface area contributed by atoms with Gasteiger partial charge in [-0.2, -0.15) is 0 Å². The molecule has 1 heterocycles. The lowest BCUT2D eigenvalue weighted by atomic mass is 9.80. The summed E-state index contributed by atoms with van der Waals surface area (Å²) >= 11 is 0. The van der Waals surface area contributed by atoms with E-state index in [4.69, 9.17) is 18.9 Å². The van der Waals surface area contributed by atoms with Gasteiger partial charge in [-0.05, 0) is 12.1 Å². The Kier molecular flexibility index (Phi) is 5.77. The Hall–Kier alpha value is -1.82. The number of carbonyl (C=O) groups is 1. The zero-order valence-electron chi connectivity index (χ0n) is 13.4. The molecule has 1 aliphatic rings. The van der Waals surface area contributed by atoms with Crippen LogP contribution in [0.4, 0.5) is 4.79 Å². The Bertz CT molecular complexity index is 547. The molecule has 0 radical (unpaired) electrons. The molecule has 0 bridgehead atoms. The predicted octanol–water partition coefficient (Wildman–Crippen LogP) is 2.94. The van der Waals surface area contributed by atoms with E-state index in [2.05, 4.69) is 5.32 Å². The molecule has 7 heteroatoms. The Labute approximate surface area is 136 Å². The first-order valence-corrected chi connectivity index (χ1v) is 6.66. The monoisotopic (exact) mass is 331 g/mol. The molecule has 1 aliphatic heterocycles. The first-order valence-electron chi connectivity index (χ1n) is 6.66. The van der Waals surface area contributed by atoms with Crippen LogP contribution >= 0.6 is 12.4 Å². The van der Waals surface area contributed by atoms with Gasteiger partial charge in [-0.15, -0.1) is 12.4 Å². The second kappa shape index (κ2) is 6.96. The minimum atomic E-state index is -0.434. The van der Waals surface area contributed by atoms with Crippen molar-refractivity contribution in [3.8, 4) is 17.2 Å². The highest BCUT2D eigenvalue weighted by Gasteiger charge is 2.40. The summed E-state index contributed by atoms with van der Waals surface area (Å²) in [5.41, 5.74) is 0.553. The summed E-state index contributed by atoms with van der Waals surface area (Å²) in [7, 11) is 4.68. The van der Waals surface area contributed by atoms with Crippen LogP contribution in [0.1, 0.15) is 25.5 Å². The Balaban J connectivity index is 0.00000242. The molecule has 1 amide bonds. The number of nitrogens with one attached hydrogen (secondary N) is 1. The van der Waals surface area contributed by atoms with Gasteiger partial charge < -0.3 is 24.3 Å². The highest BCUT2D eigenvalue weighted by Crippen LogP contribution is 2.47. The van der Waals surface area contributed by atoms with Gasteiger partial charge in [0.2, 0.25) is 5.75 Å². The summed E-state index contributed by atoms with van der Waals surface area (Å²) in [5.74, 6) is 1.64. The molecule has 124 valence electrons. The SMILES string of the molecule is COc1ccc([C@@H]2NC(=O)OCC2(C)C)c(OC)c1OC.Cl. The van der Waals surface area contributed by atoms with Gasteiger partial charge in [-0.1, -0.05) is 13.8 Å². The predicted molar refractivity (Wildman–Crippen MR) is 84.4 cm³/mol. The Morgan fingerprint density at radius 3 is 2.32 bits per heavy atom. The van der Waals surface area contributed by atoms with E-state index in [0.29, 0.717) is 23.9 Å². The standard InChI is InChI=1S/C15H21NO5.ClH/c1-15(2)8-21-14(17)16-13(15)9-6-7-10(18-3)12(20-5)11(9)19-4;/h6-7,13H,8H2,1-5H3,(H,16,17);1H/t13-;/m0./s1. The highest BCUT2D eigenvalue weighted by atomic mass is 35.5. The average molecular weight is 332 g/mol. The summed E-state index contributed by atoms with van der Waals surface area (Å²) < 4.78 is 21.2. The molecule has 6 nitrogen and oxygen atoms in total. The van der Waals surface area contributed by atoms with Crippen molar-refractivity contribution in [2.75, 3.05) is 27.9 Å². The van der Waals surface area contributed by atoms with Crippen molar-refractivity contribution >= 4 is 18.5 Å². The molecular formula is C15H22ClNO5. The molecule has 0 aromatic heterocycles. The van der Waals surface area contributed by atoms with Crippen molar-refractivity contribution < 1.29 is 23.7 Å². The van der Waals surface area contributed by atoms with Crippen molar-refractivity contribution in [2.45, 2.75) is 19.9 Å². The van der Waals surface area contributed by atoms with E-state index in [0.717, 1.165) is 5.56 Å². The number of amides is 1. The molecule has 2 rings (SSSR count). The van der Waals surface area contributed by atoms with E-state index < -0.39 is 6.09 Å². The van der Waals surface area contributed by atoms with Crippen LogP contribution in [-0.2, 0) is 4.74 Å². The molecule has 0 aliphatic carbocycles. The number of hydrogen-bond donors (Lipinski definition) is 1. The molecule has 0 saturated carbocycles. The number of hydrogen-bond acceptors (Lipinski definition) is 5. The summed E-state index contributed by atoms with van der Waals surface area (Å²) in [6, 6.07) is 3.43. The summed E-state index contributed by atoms with van der Waals surface area (Å²) in [5, 5.41) is 2.85. The van der Waals surface area contributed by atoms with Gasteiger partial charge in [0.05, 0.1) is 27.4 Å². The van der Waals surface area contributed by atoms with E-state index in [-0.39, 0.29) is 23.9 Å². The molecule has 1 aromatic rings. The van der Waals surface area contributed by atoms with Gasteiger partial charge >= 0.3 is 6.09 Å². The highest BCUT2D eigenvalue weighted by molar-refractivity contribution is 5.85. The molecule has 1 N–H and O–H groups in total. The van der Waals surface area contributed by atoms with E-state index >= 15 is 0 Å². The Morgan fingerprint density at radius 2 is 1.77 bits per heavy atom. The fourth-order valence-electron chi connectivity index (χ4n) is 2.54. The van der Waals surface area contributed by atoms with Gasteiger partial charge in [-0.25, -0.2) is 4.79 Å². The van der Waals surface area contributed by atoms with Gasteiger partial charge in [0.15, 0.2) is 11.5 Å². The zero-order chi connectivity index (χ0) is 15.6. The van der Waals surface area contributed by atoms with Crippen LogP contribution in [0, 0.1) is 5.41 Å². The van der Waals surface area contributed by atoms with Gasteiger partial charge in [0.1, 0.15) is 6.61 Å². The first kappa shape index (κ1) is 18.2. The smallest absolute Gasteiger partial charge is 0.407 e. The minimum absolute atomic E-state index is 0. The lowest BCUT2D eigenvalue weighted by Gasteiger charge is -2.39. The normalized spacial score (nSPS) is 19.3. The zero-order valence-corrected chi connectivity index (χ0v) is 14.2. The second-order valence-electron chi connectivity index (χ2n) is 5.57. The summed E-state index contributed by atoms with van der Waals surface area (Å²) in [4.78, 5) is 11.6. The van der Waals surface area contributed by atoms with Crippen LogP contribution in [-0.4, -0.2) is 34.0 Å². The lowest BCUT2D eigenvalue weighted by molar-refractivity contribution is 0.0379. The van der Waals surface area contributed by atoms with Crippen molar-refractivity contribution in [2.24, 2.45) is 5.41 Å². The van der Waals surface area contributed by atoms with E-state index in [1.54, 1.807) is 27.4 Å². The fourth-order valence-corrected chi connectivity index (χ4v) is 2.54. The molecule has 1 atom stereocenters. The third-order valence-corrected chi connectivity index (χ3v) is 3.66. The third-order valence-electron chi connectivity index (χ3n) is 3.66. The number of benzene rings is 1. The molecule has 1 saturated heterocycles. The van der Waals surface area contributed by atoms with Gasteiger partial charge in [-0.3, -0.25) is 0 Å². The van der Waals surface area contributed by atoms with Crippen molar-refractivity contribution in [1.29, 1.82) is 0 Å². The number of ether oxygens (including phenoxy) is 4. The molecule has 0 unspecified atom stereocenters. The second-order valence-corrected chi connectivity index (χ2v) is 5.57. The summed E-state index contributed by atoms with van der Waals surface area (Å²) in [6.45, 7) is 4.38. The molecule has 0 spiro atoms. The maximum absolute atomic E-state index is 11.6. The van der Waals surface area contributed by atoms with Crippen molar-refractivity contribution in [1.82, 2.24) is 5.32 Å². The molecular weight excluding hydrogens is 310 g/mol. The number of halogens is 1. The number of carbonyl (C=O) groups excluding carboxylic acids is 1. The van der Waals surface area contributed by atoms with E-state index in [9.17, 15) is 4.79 Å². The van der Waals surface area contributed by atoms with Crippen LogP contribution in [0.2, 0.25) is 0 Å². The average Bonchev–Trinajstić information content (AvgIpc) is 2.48. The topological polar surface area (TPSA) is 66.0 Å². The maximum atomic E-state index is 11.6. The lowest BCUT2D eigenvalue weighted by Crippen LogP contribution is -2.47. The van der Waals surface area contributed by atoms with Crippen molar-refractivity contribution in [3.63, 3.8) is 0 Å². The summed E-state index contributed by atoms with van der Waals surface area (Å²) in [6.07, 6.45) is -0.434. The molecule has 1 aromatic carbocycles. The van der Waals surface area contributed by atoms with Crippen LogP contribution in [0.15, 0.2) is 12.1 Å². The fraction of sp³-hybridized carbons (Fsp3) is 0.533. The van der Waals surface area contributed by atoms with Crippen molar-refractivity contribution in [3.05, 3.63) is 17.7 Å². The van der Waals surface area contributed by atoms with Gasteiger partial charge in [0, 0.05) is 11.0 Å². The van der Waals surface area contributed by atoms with Crippen LogP contribution < -0.4 is 19.5 Å². The number of cyclic esters (lactones) is 1.